The first kappa shape index (κ1) is 21.2. The molecule has 2 amide bonds. The van der Waals surface area contributed by atoms with E-state index in [2.05, 4.69) is 21.2 Å². The number of anilines is 3. The topological polar surface area (TPSA) is 122 Å². The van der Waals surface area contributed by atoms with Gasteiger partial charge in [-0.15, -0.1) is 0 Å². The number of carbonyl (C=O) groups excluding carboxylic acids is 1. The summed E-state index contributed by atoms with van der Waals surface area (Å²) >= 11 is 0. The molecule has 2 heterocycles. The zero-order chi connectivity index (χ0) is 22.6. The number of rotatable bonds is 7. The van der Waals surface area contributed by atoms with Crippen molar-refractivity contribution < 1.29 is 22.7 Å². The van der Waals surface area contributed by atoms with Gasteiger partial charge in [0.1, 0.15) is 10.7 Å². The van der Waals surface area contributed by atoms with Gasteiger partial charge in [-0.25, -0.2) is 18.2 Å². The molecule has 0 saturated carbocycles. The van der Waals surface area contributed by atoms with Gasteiger partial charge in [0.25, 0.3) is 10.0 Å². The number of fused-ring (bicyclic) bond motifs is 1. The van der Waals surface area contributed by atoms with Crippen LogP contribution in [0.15, 0.2) is 71.8 Å². The number of para-hydroxylation sites is 1. The number of carbonyl (C=O) groups is 1. The van der Waals surface area contributed by atoms with E-state index in [1.807, 2.05) is 6.07 Å². The van der Waals surface area contributed by atoms with E-state index in [0.717, 1.165) is 0 Å². The smallest absolute Gasteiger partial charge is 0.337 e. The molecule has 1 aromatic heterocycles. The first-order chi connectivity index (χ1) is 15.5. The van der Waals surface area contributed by atoms with Crippen LogP contribution >= 0.6 is 0 Å². The number of pyridine rings is 1. The number of ether oxygens (including phenoxy) is 2. The summed E-state index contributed by atoms with van der Waals surface area (Å²) in [5.41, 5.74) is 6.16. The number of sulfonamides is 1. The summed E-state index contributed by atoms with van der Waals surface area (Å²) in [5.74, 6) is 1.43. The van der Waals surface area contributed by atoms with Crippen LogP contribution < -0.4 is 29.9 Å². The first-order valence-corrected chi connectivity index (χ1v) is 11.2. The van der Waals surface area contributed by atoms with Crippen molar-refractivity contribution in [1.29, 1.82) is 0 Å². The zero-order valence-electron chi connectivity index (χ0n) is 17.1. The summed E-state index contributed by atoms with van der Waals surface area (Å²) in [7, 11) is -3.78. The Morgan fingerprint density at radius 3 is 2.56 bits per heavy atom. The molecule has 4 rings (SSSR count). The average molecular weight is 455 g/mol. The lowest BCUT2D eigenvalue weighted by Crippen LogP contribution is -2.34. The van der Waals surface area contributed by atoms with Crippen LogP contribution in [0.4, 0.5) is 22.0 Å². The van der Waals surface area contributed by atoms with E-state index in [1.165, 1.54) is 22.6 Å². The maximum atomic E-state index is 13.0. The van der Waals surface area contributed by atoms with Gasteiger partial charge in [0.15, 0.2) is 11.5 Å². The van der Waals surface area contributed by atoms with Crippen LogP contribution in [0.5, 0.6) is 11.5 Å². The molecule has 0 radical (unpaired) electrons. The Morgan fingerprint density at radius 1 is 1.06 bits per heavy atom. The lowest BCUT2D eigenvalue weighted by molar-refractivity contribution is 0.174. The molecule has 11 heteroatoms. The van der Waals surface area contributed by atoms with E-state index < -0.39 is 16.1 Å². The highest BCUT2D eigenvalue weighted by Gasteiger charge is 2.23. The molecular formula is C21H21N5O5S. The van der Waals surface area contributed by atoms with Gasteiger partial charge in [0, 0.05) is 24.5 Å². The number of amides is 2. The van der Waals surface area contributed by atoms with E-state index in [0.29, 0.717) is 22.9 Å². The summed E-state index contributed by atoms with van der Waals surface area (Å²) in [5, 5.41) is 2.64. The third-order valence-corrected chi connectivity index (χ3v) is 6.48. The van der Waals surface area contributed by atoms with Crippen molar-refractivity contribution >= 4 is 33.2 Å². The minimum Gasteiger partial charge on any atom is -0.454 e. The minimum atomic E-state index is -3.78. The molecule has 1 aliphatic heterocycles. The highest BCUT2D eigenvalue weighted by atomic mass is 32.2. The number of hydrazine groups is 1. The lowest BCUT2D eigenvalue weighted by Gasteiger charge is -2.22. The fraction of sp³-hybridized carbons (Fsp3) is 0.143. The maximum absolute atomic E-state index is 13.0. The second-order valence-electron chi connectivity index (χ2n) is 6.66. The fourth-order valence-electron chi connectivity index (χ4n) is 3.08. The molecule has 1 aliphatic rings. The Morgan fingerprint density at radius 2 is 1.84 bits per heavy atom. The fourth-order valence-corrected chi connectivity index (χ4v) is 4.50. The number of benzene rings is 2. The predicted octanol–water partition coefficient (Wildman–Crippen LogP) is 3.17. The Labute approximate surface area is 185 Å². The molecule has 0 fully saturated rings. The van der Waals surface area contributed by atoms with Crippen molar-refractivity contribution in [3.05, 3.63) is 66.9 Å². The van der Waals surface area contributed by atoms with E-state index in [1.54, 1.807) is 49.4 Å². The lowest BCUT2D eigenvalue weighted by atomic mass is 10.3. The van der Waals surface area contributed by atoms with E-state index in [9.17, 15) is 13.2 Å². The zero-order valence-corrected chi connectivity index (χ0v) is 17.9. The average Bonchev–Trinajstić information content (AvgIpc) is 3.27. The van der Waals surface area contributed by atoms with E-state index in [-0.39, 0.29) is 24.1 Å². The third-order valence-electron chi connectivity index (χ3n) is 4.59. The molecule has 3 aromatic rings. The third kappa shape index (κ3) is 4.52. The molecule has 0 aliphatic carbocycles. The molecule has 0 saturated heterocycles. The van der Waals surface area contributed by atoms with E-state index in [4.69, 9.17) is 9.47 Å². The van der Waals surface area contributed by atoms with Crippen LogP contribution in [-0.4, -0.2) is 32.8 Å². The molecule has 32 heavy (non-hydrogen) atoms. The van der Waals surface area contributed by atoms with Gasteiger partial charge in [-0.05, 0) is 43.3 Å². The normalized spacial score (nSPS) is 12.2. The Bertz CT molecular complexity index is 1200. The van der Waals surface area contributed by atoms with Crippen molar-refractivity contribution in [3.8, 4) is 11.5 Å². The number of aromatic nitrogens is 1. The molecule has 166 valence electrons. The van der Waals surface area contributed by atoms with Crippen molar-refractivity contribution in [1.82, 2.24) is 10.4 Å². The molecule has 3 N–H and O–H groups in total. The second kappa shape index (κ2) is 9.02. The maximum Gasteiger partial charge on any atom is 0.337 e. The van der Waals surface area contributed by atoms with Gasteiger partial charge >= 0.3 is 6.03 Å². The Balaban J connectivity index is 1.37. The summed E-state index contributed by atoms with van der Waals surface area (Å²) < 4.78 is 37.8. The van der Waals surface area contributed by atoms with Crippen LogP contribution in [0, 0.1) is 0 Å². The van der Waals surface area contributed by atoms with Gasteiger partial charge < -0.3 is 14.8 Å². The van der Waals surface area contributed by atoms with E-state index >= 15 is 0 Å². The molecule has 0 atom stereocenters. The van der Waals surface area contributed by atoms with Gasteiger partial charge in [-0.2, -0.15) is 0 Å². The standard InChI is InChI=1S/C21H21N5O5S/c1-2-26(16-6-4-3-5-7-16)32(28,29)17-9-11-20(22-13-17)24-25-21(27)23-15-8-10-18-19(12-15)31-14-30-18/h3-13H,2,14H2,1H3,(H,22,24)(H2,23,25,27). The minimum absolute atomic E-state index is 0.0403. The van der Waals surface area contributed by atoms with Crippen LogP contribution in [0.25, 0.3) is 0 Å². The largest absolute Gasteiger partial charge is 0.454 e. The molecular weight excluding hydrogens is 434 g/mol. The summed E-state index contributed by atoms with van der Waals surface area (Å²) in [4.78, 5) is 16.2. The number of nitrogens with zero attached hydrogens (tertiary/aromatic N) is 2. The number of hydrogen-bond donors (Lipinski definition) is 3. The van der Waals surface area contributed by atoms with Gasteiger partial charge in [0.05, 0.1) is 5.69 Å². The highest BCUT2D eigenvalue weighted by molar-refractivity contribution is 7.92. The molecule has 0 spiro atoms. The molecule has 0 bridgehead atoms. The second-order valence-corrected chi connectivity index (χ2v) is 8.52. The Hall–Kier alpha value is -3.99. The molecule has 2 aromatic carbocycles. The van der Waals surface area contributed by atoms with Gasteiger partial charge in [-0.1, -0.05) is 18.2 Å². The van der Waals surface area contributed by atoms with Crippen molar-refractivity contribution in [2.24, 2.45) is 0 Å². The van der Waals surface area contributed by atoms with Crippen molar-refractivity contribution in [2.75, 3.05) is 28.4 Å². The van der Waals surface area contributed by atoms with Gasteiger partial charge in [0.2, 0.25) is 6.79 Å². The summed E-state index contributed by atoms with van der Waals surface area (Å²) in [6.07, 6.45) is 1.24. The SMILES string of the molecule is CCN(c1ccccc1)S(=O)(=O)c1ccc(NNC(=O)Nc2ccc3c(c2)OCO3)nc1. The Kier molecular flexibility index (Phi) is 5.99. The number of hydrogen-bond acceptors (Lipinski definition) is 7. The quantitative estimate of drug-likeness (QED) is 0.468. The monoisotopic (exact) mass is 455 g/mol. The molecule has 10 nitrogen and oxygen atoms in total. The summed E-state index contributed by atoms with van der Waals surface area (Å²) in [6, 6.07) is 16.2. The van der Waals surface area contributed by atoms with Crippen molar-refractivity contribution in [3.63, 3.8) is 0 Å². The predicted molar refractivity (Wildman–Crippen MR) is 119 cm³/mol. The highest BCUT2D eigenvalue weighted by Crippen LogP contribution is 2.34. The van der Waals surface area contributed by atoms with Crippen LogP contribution in [-0.2, 0) is 10.0 Å². The summed E-state index contributed by atoms with van der Waals surface area (Å²) in [6.45, 7) is 2.18. The van der Waals surface area contributed by atoms with Gasteiger partial charge in [-0.3, -0.25) is 15.2 Å². The van der Waals surface area contributed by atoms with Crippen LogP contribution in [0.1, 0.15) is 6.92 Å². The van der Waals surface area contributed by atoms with Crippen LogP contribution in [0.3, 0.4) is 0 Å². The van der Waals surface area contributed by atoms with Crippen molar-refractivity contribution in [2.45, 2.75) is 11.8 Å². The van der Waals surface area contributed by atoms with Crippen LogP contribution in [0.2, 0.25) is 0 Å². The molecule has 0 unspecified atom stereocenters. The number of urea groups is 1. The first-order valence-electron chi connectivity index (χ1n) is 9.74. The number of nitrogens with one attached hydrogen (secondary N) is 3.